The fraction of sp³-hybridized carbons (Fsp3) is 0.200. The zero-order chi connectivity index (χ0) is 13.0. The Morgan fingerprint density at radius 1 is 1.00 bits per heavy atom. The molecule has 2 aromatic rings. The van der Waals surface area contributed by atoms with Gasteiger partial charge in [-0.1, -0.05) is 48.0 Å². The Hall–Kier alpha value is -1.38. The minimum Gasteiger partial charge on any atom is -0.327 e. The monoisotopic (exact) mass is 263 g/mol. The summed E-state index contributed by atoms with van der Waals surface area (Å²) in [6, 6.07) is 14.5. The maximum Gasteiger partial charge on any atom is 0.127 e. The summed E-state index contributed by atoms with van der Waals surface area (Å²) in [6.45, 7) is 0. The summed E-state index contributed by atoms with van der Waals surface area (Å²) in [5.41, 5.74) is 7.70. The van der Waals surface area contributed by atoms with Crippen LogP contribution in [0, 0.1) is 5.82 Å². The van der Waals surface area contributed by atoms with E-state index in [1.807, 2.05) is 30.3 Å². The Morgan fingerprint density at radius 3 is 2.39 bits per heavy atom. The van der Waals surface area contributed by atoms with Gasteiger partial charge in [0, 0.05) is 16.6 Å². The van der Waals surface area contributed by atoms with Crippen LogP contribution in [-0.2, 0) is 12.8 Å². The predicted octanol–water partition coefficient (Wildman–Crippen LogP) is 3.59. The molecule has 0 aliphatic heterocycles. The van der Waals surface area contributed by atoms with Crippen molar-refractivity contribution in [3.63, 3.8) is 0 Å². The molecule has 0 bridgehead atoms. The van der Waals surface area contributed by atoms with Gasteiger partial charge in [-0.2, -0.15) is 0 Å². The lowest BCUT2D eigenvalue weighted by atomic mass is 9.99. The largest absolute Gasteiger partial charge is 0.327 e. The zero-order valence-electron chi connectivity index (χ0n) is 9.94. The molecule has 0 radical (unpaired) electrons. The van der Waals surface area contributed by atoms with Gasteiger partial charge in [0.2, 0.25) is 0 Å². The Bertz CT molecular complexity index is 493. The summed E-state index contributed by atoms with van der Waals surface area (Å²) in [5.74, 6) is -0.286. The molecule has 1 nitrogen and oxygen atoms in total. The van der Waals surface area contributed by atoms with Crippen molar-refractivity contribution >= 4 is 11.6 Å². The van der Waals surface area contributed by atoms with E-state index in [1.165, 1.54) is 6.07 Å². The van der Waals surface area contributed by atoms with Crippen molar-refractivity contribution in [2.75, 3.05) is 0 Å². The van der Waals surface area contributed by atoms with E-state index in [1.54, 1.807) is 12.1 Å². The minimum atomic E-state index is -0.286. The molecule has 18 heavy (non-hydrogen) atoms. The zero-order valence-corrected chi connectivity index (χ0v) is 10.7. The molecule has 0 saturated heterocycles. The summed E-state index contributed by atoms with van der Waals surface area (Å²) in [4.78, 5) is 0. The second kappa shape index (κ2) is 5.98. The highest BCUT2D eigenvalue weighted by Crippen LogP contribution is 2.20. The normalized spacial score (nSPS) is 12.4. The molecule has 0 saturated carbocycles. The van der Waals surface area contributed by atoms with Crippen molar-refractivity contribution in [1.82, 2.24) is 0 Å². The molecule has 0 heterocycles. The second-order valence-corrected chi connectivity index (χ2v) is 4.76. The third-order valence-electron chi connectivity index (χ3n) is 2.87. The topological polar surface area (TPSA) is 26.0 Å². The fourth-order valence-electron chi connectivity index (χ4n) is 1.98. The molecule has 0 spiro atoms. The summed E-state index contributed by atoms with van der Waals surface area (Å²) < 4.78 is 13.6. The molecule has 94 valence electrons. The molecule has 1 atom stereocenters. The standard InChI is InChI=1S/C15H15ClFN/c16-14-7-4-8-15(17)13(14)10-12(18)9-11-5-2-1-3-6-11/h1-8,12H,9-10,18H2. The lowest BCUT2D eigenvalue weighted by Crippen LogP contribution is -2.26. The summed E-state index contributed by atoms with van der Waals surface area (Å²) in [6.07, 6.45) is 1.16. The molecule has 0 aliphatic rings. The van der Waals surface area contributed by atoms with Crippen LogP contribution in [0.25, 0.3) is 0 Å². The van der Waals surface area contributed by atoms with Gasteiger partial charge in [-0.3, -0.25) is 0 Å². The molecule has 1 unspecified atom stereocenters. The van der Waals surface area contributed by atoms with Crippen molar-refractivity contribution in [2.45, 2.75) is 18.9 Å². The number of benzene rings is 2. The number of hydrogen-bond donors (Lipinski definition) is 1. The highest BCUT2D eigenvalue weighted by atomic mass is 35.5. The van der Waals surface area contributed by atoms with E-state index in [-0.39, 0.29) is 11.9 Å². The van der Waals surface area contributed by atoms with Gasteiger partial charge >= 0.3 is 0 Å². The van der Waals surface area contributed by atoms with Gasteiger partial charge in [0.1, 0.15) is 5.82 Å². The quantitative estimate of drug-likeness (QED) is 0.896. The molecule has 0 aromatic heterocycles. The number of rotatable bonds is 4. The summed E-state index contributed by atoms with van der Waals surface area (Å²) in [7, 11) is 0. The SMILES string of the molecule is NC(Cc1ccccc1)Cc1c(F)cccc1Cl. The van der Waals surface area contributed by atoms with E-state index in [9.17, 15) is 4.39 Å². The third kappa shape index (κ3) is 3.31. The third-order valence-corrected chi connectivity index (χ3v) is 3.22. The van der Waals surface area contributed by atoms with E-state index in [4.69, 9.17) is 17.3 Å². The molecule has 2 rings (SSSR count). The predicted molar refractivity (Wildman–Crippen MR) is 73.2 cm³/mol. The molecule has 0 fully saturated rings. The van der Waals surface area contributed by atoms with E-state index in [0.717, 1.165) is 5.56 Å². The Kier molecular flexibility index (Phi) is 4.34. The van der Waals surface area contributed by atoms with Gasteiger partial charge in [0.15, 0.2) is 0 Å². The Balaban J connectivity index is 2.06. The molecule has 0 amide bonds. The van der Waals surface area contributed by atoms with Crippen molar-refractivity contribution in [1.29, 1.82) is 0 Å². The van der Waals surface area contributed by atoms with E-state index >= 15 is 0 Å². The van der Waals surface area contributed by atoms with Crippen molar-refractivity contribution in [3.05, 3.63) is 70.5 Å². The van der Waals surface area contributed by atoms with E-state index in [2.05, 4.69) is 0 Å². The van der Waals surface area contributed by atoms with Crippen LogP contribution in [0.15, 0.2) is 48.5 Å². The molecule has 0 aliphatic carbocycles. The van der Waals surface area contributed by atoms with Crippen LogP contribution in [-0.4, -0.2) is 6.04 Å². The van der Waals surface area contributed by atoms with Gasteiger partial charge in [0.25, 0.3) is 0 Å². The van der Waals surface area contributed by atoms with Crippen molar-refractivity contribution < 1.29 is 4.39 Å². The first-order chi connectivity index (χ1) is 8.66. The molecular formula is C15H15ClFN. The van der Waals surface area contributed by atoms with Gasteiger partial charge in [-0.25, -0.2) is 4.39 Å². The maximum absolute atomic E-state index is 13.6. The maximum atomic E-state index is 13.6. The number of hydrogen-bond acceptors (Lipinski definition) is 1. The smallest absolute Gasteiger partial charge is 0.127 e. The van der Waals surface area contributed by atoms with Crippen molar-refractivity contribution in [3.8, 4) is 0 Å². The number of halogens is 2. The second-order valence-electron chi connectivity index (χ2n) is 4.35. The lowest BCUT2D eigenvalue weighted by Gasteiger charge is -2.13. The van der Waals surface area contributed by atoms with Crippen LogP contribution in [0.3, 0.4) is 0 Å². The fourth-order valence-corrected chi connectivity index (χ4v) is 2.22. The summed E-state index contributed by atoms with van der Waals surface area (Å²) in [5, 5.41) is 0.443. The van der Waals surface area contributed by atoms with Crippen LogP contribution in [0.2, 0.25) is 5.02 Å². The van der Waals surface area contributed by atoms with Gasteiger partial charge < -0.3 is 5.73 Å². The average molecular weight is 264 g/mol. The first-order valence-electron chi connectivity index (χ1n) is 5.89. The van der Waals surface area contributed by atoms with Crippen LogP contribution in [0.5, 0.6) is 0 Å². The highest BCUT2D eigenvalue weighted by Gasteiger charge is 2.12. The number of nitrogens with two attached hydrogens (primary N) is 1. The van der Waals surface area contributed by atoms with Gasteiger partial charge in [-0.05, 0) is 30.5 Å². The summed E-state index contributed by atoms with van der Waals surface area (Å²) >= 11 is 5.98. The van der Waals surface area contributed by atoms with Gasteiger partial charge in [-0.15, -0.1) is 0 Å². The highest BCUT2D eigenvalue weighted by molar-refractivity contribution is 6.31. The van der Waals surface area contributed by atoms with E-state index in [0.29, 0.717) is 23.4 Å². The van der Waals surface area contributed by atoms with Crippen LogP contribution >= 0.6 is 11.6 Å². The van der Waals surface area contributed by atoms with Crippen LogP contribution in [0.1, 0.15) is 11.1 Å². The first-order valence-corrected chi connectivity index (χ1v) is 6.27. The molecular weight excluding hydrogens is 249 g/mol. The van der Waals surface area contributed by atoms with Crippen molar-refractivity contribution in [2.24, 2.45) is 5.73 Å². The molecule has 3 heteroatoms. The van der Waals surface area contributed by atoms with Crippen LogP contribution in [0.4, 0.5) is 4.39 Å². The van der Waals surface area contributed by atoms with Gasteiger partial charge in [0.05, 0.1) is 0 Å². The minimum absolute atomic E-state index is 0.137. The lowest BCUT2D eigenvalue weighted by molar-refractivity contribution is 0.584. The molecule has 2 aromatic carbocycles. The average Bonchev–Trinajstić information content (AvgIpc) is 2.35. The van der Waals surface area contributed by atoms with E-state index < -0.39 is 0 Å². The Morgan fingerprint density at radius 2 is 1.72 bits per heavy atom. The van der Waals surface area contributed by atoms with Crippen LogP contribution < -0.4 is 5.73 Å². The Labute approximate surface area is 111 Å². The molecule has 2 N–H and O–H groups in total. The first kappa shape index (κ1) is 13.1.